The first-order chi connectivity index (χ1) is 12.3. The lowest BCUT2D eigenvalue weighted by Crippen LogP contribution is -2.35. The summed E-state index contributed by atoms with van der Waals surface area (Å²) in [5.74, 6) is -0.525. The second-order valence-electron chi connectivity index (χ2n) is 5.58. The summed E-state index contributed by atoms with van der Waals surface area (Å²) in [6, 6.07) is 4.48. The van der Waals surface area contributed by atoms with Gasteiger partial charge in [0, 0.05) is 13.1 Å². The Labute approximate surface area is 150 Å². The normalized spacial score (nSPS) is 10.3. The van der Waals surface area contributed by atoms with Gasteiger partial charge in [-0.15, -0.1) is 0 Å². The summed E-state index contributed by atoms with van der Waals surface area (Å²) >= 11 is 0. The van der Waals surface area contributed by atoms with Gasteiger partial charge in [-0.1, -0.05) is 5.16 Å². The number of pyridine rings is 1. The van der Waals surface area contributed by atoms with Gasteiger partial charge in [0.15, 0.2) is 5.82 Å². The Morgan fingerprint density at radius 2 is 2.00 bits per heavy atom. The minimum absolute atomic E-state index is 0.128. The molecule has 0 aliphatic rings. The molecule has 1 N–H and O–H groups in total. The van der Waals surface area contributed by atoms with Gasteiger partial charge < -0.3 is 19.5 Å². The number of amides is 2. The molecule has 0 saturated heterocycles. The van der Waals surface area contributed by atoms with Crippen molar-refractivity contribution in [2.24, 2.45) is 0 Å². The summed E-state index contributed by atoms with van der Waals surface area (Å²) in [4.78, 5) is 41.5. The minimum Gasteiger partial charge on any atom is -0.462 e. The van der Waals surface area contributed by atoms with Crippen molar-refractivity contribution in [3.63, 3.8) is 0 Å². The number of carbonyl (C=O) groups is 3. The summed E-state index contributed by atoms with van der Waals surface area (Å²) < 4.78 is 9.78. The van der Waals surface area contributed by atoms with Gasteiger partial charge in [0.2, 0.25) is 5.91 Å². The van der Waals surface area contributed by atoms with E-state index in [1.165, 1.54) is 24.1 Å². The van der Waals surface area contributed by atoms with Crippen molar-refractivity contribution in [2.75, 3.05) is 25.5 Å². The molecule has 2 rings (SSSR count). The largest absolute Gasteiger partial charge is 0.462 e. The zero-order valence-electron chi connectivity index (χ0n) is 15.0. The highest BCUT2D eigenvalue weighted by Crippen LogP contribution is 2.11. The first-order valence-corrected chi connectivity index (χ1v) is 7.95. The number of hydrogen-bond acceptors (Lipinski definition) is 7. The molecule has 26 heavy (non-hydrogen) atoms. The van der Waals surface area contributed by atoms with E-state index >= 15 is 0 Å². The monoisotopic (exact) mass is 360 g/mol. The highest BCUT2D eigenvalue weighted by molar-refractivity contribution is 5.98. The number of ether oxygens (including phenoxy) is 1. The van der Waals surface area contributed by atoms with Crippen LogP contribution in [0.15, 0.2) is 22.7 Å². The third-order valence-corrected chi connectivity index (χ3v) is 3.42. The maximum absolute atomic E-state index is 12.4. The molecule has 0 aromatic carbocycles. The molecule has 2 aromatic heterocycles. The predicted molar refractivity (Wildman–Crippen MR) is 91.8 cm³/mol. The molecule has 0 saturated carbocycles. The summed E-state index contributed by atoms with van der Waals surface area (Å²) in [7, 11) is 1.48. The Hall–Kier alpha value is -3.23. The highest BCUT2D eigenvalue weighted by Gasteiger charge is 2.19. The standard InChI is InChI=1S/C17H20N4O5/c1-5-25-17(24)12-6-7-13(18-11(12)3)16(23)21(4)9-15(22)19-14-8-10(2)26-20-14/h6-8H,5,9H2,1-4H3,(H,19,20,22). The molecule has 0 atom stereocenters. The van der Waals surface area contributed by atoms with E-state index in [4.69, 9.17) is 9.26 Å². The first kappa shape index (κ1) is 19.1. The van der Waals surface area contributed by atoms with Crippen molar-refractivity contribution in [1.82, 2.24) is 15.0 Å². The molecule has 0 unspecified atom stereocenters. The van der Waals surface area contributed by atoms with Crippen LogP contribution in [0.25, 0.3) is 0 Å². The van der Waals surface area contributed by atoms with Crippen LogP contribution in [0.4, 0.5) is 5.82 Å². The average molecular weight is 360 g/mol. The molecule has 0 spiro atoms. The lowest BCUT2D eigenvalue weighted by Gasteiger charge is -2.16. The number of anilines is 1. The van der Waals surface area contributed by atoms with Gasteiger partial charge in [-0.2, -0.15) is 0 Å². The Balaban J connectivity index is 2.02. The van der Waals surface area contributed by atoms with Crippen LogP contribution in [-0.2, 0) is 9.53 Å². The number of nitrogens with zero attached hydrogens (tertiary/aromatic N) is 3. The zero-order valence-corrected chi connectivity index (χ0v) is 15.0. The van der Waals surface area contributed by atoms with Gasteiger partial charge in [0.05, 0.1) is 24.4 Å². The van der Waals surface area contributed by atoms with Crippen LogP contribution in [0.3, 0.4) is 0 Å². The number of aromatic nitrogens is 2. The van der Waals surface area contributed by atoms with E-state index in [1.54, 1.807) is 26.8 Å². The van der Waals surface area contributed by atoms with Crippen LogP contribution in [0.1, 0.15) is 39.2 Å². The summed E-state index contributed by atoms with van der Waals surface area (Å²) in [5.41, 5.74) is 0.804. The Morgan fingerprint density at radius 1 is 1.27 bits per heavy atom. The van der Waals surface area contributed by atoms with Gasteiger partial charge in [0.25, 0.3) is 5.91 Å². The van der Waals surface area contributed by atoms with Crippen molar-refractivity contribution < 1.29 is 23.6 Å². The third-order valence-electron chi connectivity index (χ3n) is 3.42. The maximum atomic E-state index is 12.4. The van der Waals surface area contributed by atoms with E-state index in [2.05, 4.69) is 15.5 Å². The molecule has 0 fully saturated rings. The number of rotatable bonds is 6. The Bertz CT molecular complexity index is 830. The smallest absolute Gasteiger partial charge is 0.339 e. The molecule has 0 radical (unpaired) electrons. The number of likely N-dealkylation sites (N-methyl/N-ethyl adjacent to an activating group) is 1. The van der Waals surface area contributed by atoms with E-state index in [1.807, 2.05) is 0 Å². The fraction of sp³-hybridized carbons (Fsp3) is 0.353. The predicted octanol–water partition coefficient (Wildman–Crippen LogP) is 1.57. The number of hydrogen-bond donors (Lipinski definition) is 1. The molecule has 9 heteroatoms. The van der Waals surface area contributed by atoms with E-state index in [0.717, 1.165) is 0 Å². The van der Waals surface area contributed by atoms with Crippen molar-refractivity contribution >= 4 is 23.6 Å². The van der Waals surface area contributed by atoms with Crippen LogP contribution < -0.4 is 5.32 Å². The van der Waals surface area contributed by atoms with Gasteiger partial charge in [-0.3, -0.25) is 9.59 Å². The minimum atomic E-state index is -0.493. The van der Waals surface area contributed by atoms with Gasteiger partial charge >= 0.3 is 5.97 Å². The molecule has 9 nitrogen and oxygen atoms in total. The fourth-order valence-electron chi connectivity index (χ4n) is 2.20. The van der Waals surface area contributed by atoms with Crippen LogP contribution in [0.2, 0.25) is 0 Å². The first-order valence-electron chi connectivity index (χ1n) is 7.95. The molecule has 0 bridgehead atoms. The lowest BCUT2D eigenvalue weighted by atomic mass is 10.2. The molecule has 0 aliphatic carbocycles. The van der Waals surface area contributed by atoms with Crippen molar-refractivity contribution in [3.05, 3.63) is 40.9 Å². The molecule has 2 aromatic rings. The zero-order chi connectivity index (χ0) is 19.3. The molecule has 2 amide bonds. The van der Waals surface area contributed by atoms with Crippen molar-refractivity contribution in [1.29, 1.82) is 0 Å². The lowest BCUT2D eigenvalue weighted by molar-refractivity contribution is -0.116. The van der Waals surface area contributed by atoms with Crippen LogP contribution in [0.5, 0.6) is 0 Å². The van der Waals surface area contributed by atoms with Crippen molar-refractivity contribution in [2.45, 2.75) is 20.8 Å². The van der Waals surface area contributed by atoms with E-state index in [-0.39, 0.29) is 24.7 Å². The number of nitrogens with one attached hydrogen (secondary N) is 1. The molecule has 0 aliphatic heterocycles. The second kappa shape index (κ2) is 8.24. The number of aryl methyl sites for hydroxylation is 2. The maximum Gasteiger partial charge on any atom is 0.339 e. The molecular weight excluding hydrogens is 340 g/mol. The number of esters is 1. The summed E-state index contributed by atoms with van der Waals surface area (Å²) in [6.07, 6.45) is 0. The van der Waals surface area contributed by atoms with E-state index in [0.29, 0.717) is 17.0 Å². The Morgan fingerprint density at radius 3 is 2.58 bits per heavy atom. The van der Waals surface area contributed by atoms with Gasteiger partial charge in [-0.05, 0) is 32.9 Å². The average Bonchev–Trinajstić information content (AvgIpc) is 2.98. The molecule has 2 heterocycles. The summed E-state index contributed by atoms with van der Waals surface area (Å²) in [6.45, 7) is 5.08. The van der Waals surface area contributed by atoms with E-state index in [9.17, 15) is 14.4 Å². The fourth-order valence-corrected chi connectivity index (χ4v) is 2.20. The van der Waals surface area contributed by atoms with Gasteiger partial charge in [0.1, 0.15) is 11.5 Å². The van der Waals surface area contributed by atoms with E-state index < -0.39 is 17.8 Å². The molecule has 138 valence electrons. The van der Waals surface area contributed by atoms with Crippen molar-refractivity contribution in [3.8, 4) is 0 Å². The Kier molecular flexibility index (Phi) is 6.05. The van der Waals surface area contributed by atoms with Crippen LogP contribution in [-0.4, -0.2) is 53.0 Å². The van der Waals surface area contributed by atoms with Crippen LogP contribution in [0, 0.1) is 13.8 Å². The number of carbonyl (C=O) groups excluding carboxylic acids is 3. The molecular formula is C17H20N4O5. The summed E-state index contributed by atoms with van der Waals surface area (Å²) in [5, 5.41) is 6.18. The SMILES string of the molecule is CCOC(=O)c1ccc(C(=O)N(C)CC(=O)Nc2cc(C)on2)nc1C. The topological polar surface area (TPSA) is 115 Å². The van der Waals surface area contributed by atoms with Gasteiger partial charge in [-0.25, -0.2) is 9.78 Å². The quantitative estimate of drug-likeness (QED) is 0.778. The highest BCUT2D eigenvalue weighted by atomic mass is 16.5. The van der Waals surface area contributed by atoms with Crippen LogP contribution >= 0.6 is 0 Å². The second-order valence-corrected chi connectivity index (χ2v) is 5.58. The third kappa shape index (κ3) is 4.65.